The van der Waals surface area contributed by atoms with E-state index in [1.807, 2.05) is 0 Å². The van der Waals surface area contributed by atoms with Crippen molar-refractivity contribution in [1.29, 1.82) is 0 Å². The van der Waals surface area contributed by atoms with Gasteiger partial charge in [-0.2, -0.15) is 4.98 Å². The van der Waals surface area contributed by atoms with Gasteiger partial charge in [-0.1, -0.05) is 12.1 Å². The van der Waals surface area contributed by atoms with Crippen molar-refractivity contribution in [3.8, 4) is 6.01 Å². The van der Waals surface area contributed by atoms with Crippen molar-refractivity contribution in [2.75, 3.05) is 5.43 Å². The number of ether oxygens (including phenoxy) is 1. The summed E-state index contributed by atoms with van der Waals surface area (Å²) in [6.45, 7) is 0.149. The van der Waals surface area contributed by atoms with Crippen molar-refractivity contribution in [1.82, 2.24) is 9.97 Å². The van der Waals surface area contributed by atoms with E-state index in [9.17, 15) is 8.78 Å². The number of nitrogens with one attached hydrogen (secondary N) is 1. The SMILES string of the molecule is NNc1nc(OCc2ccc(F)cc2)ncc1F. The Morgan fingerprint density at radius 1 is 1.22 bits per heavy atom. The van der Waals surface area contributed by atoms with Gasteiger partial charge < -0.3 is 10.2 Å². The zero-order chi connectivity index (χ0) is 13.0. The quantitative estimate of drug-likeness (QED) is 0.639. The van der Waals surface area contributed by atoms with E-state index in [4.69, 9.17) is 10.6 Å². The molecule has 0 atom stereocenters. The van der Waals surface area contributed by atoms with Crippen LogP contribution in [0.1, 0.15) is 5.56 Å². The topological polar surface area (TPSA) is 73.1 Å². The average Bonchev–Trinajstić information content (AvgIpc) is 2.39. The molecule has 0 saturated carbocycles. The van der Waals surface area contributed by atoms with Gasteiger partial charge in [-0.05, 0) is 17.7 Å². The predicted molar refractivity (Wildman–Crippen MR) is 60.5 cm³/mol. The summed E-state index contributed by atoms with van der Waals surface area (Å²) in [5.41, 5.74) is 2.83. The Morgan fingerprint density at radius 2 is 1.94 bits per heavy atom. The third kappa shape index (κ3) is 2.89. The molecule has 0 bridgehead atoms. The van der Waals surface area contributed by atoms with Gasteiger partial charge in [0, 0.05) is 0 Å². The summed E-state index contributed by atoms with van der Waals surface area (Å²) in [5.74, 6) is 3.91. The molecule has 7 heteroatoms. The molecule has 0 spiro atoms. The normalized spacial score (nSPS) is 10.2. The van der Waals surface area contributed by atoms with Gasteiger partial charge in [-0.25, -0.2) is 19.6 Å². The monoisotopic (exact) mass is 252 g/mol. The van der Waals surface area contributed by atoms with Crippen LogP contribution in [0.4, 0.5) is 14.6 Å². The van der Waals surface area contributed by atoms with E-state index in [1.54, 1.807) is 12.1 Å². The number of nitrogen functional groups attached to an aromatic ring is 1. The fourth-order valence-electron chi connectivity index (χ4n) is 1.25. The molecule has 2 aromatic rings. The molecule has 2 rings (SSSR count). The maximum atomic E-state index is 13.0. The molecule has 0 saturated heterocycles. The van der Waals surface area contributed by atoms with Crippen LogP contribution in [0.15, 0.2) is 30.5 Å². The Morgan fingerprint density at radius 3 is 2.61 bits per heavy atom. The molecule has 0 amide bonds. The molecule has 5 nitrogen and oxygen atoms in total. The summed E-state index contributed by atoms with van der Waals surface area (Å²) in [6, 6.07) is 5.75. The Labute approximate surface area is 102 Å². The van der Waals surface area contributed by atoms with Crippen molar-refractivity contribution < 1.29 is 13.5 Å². The summed E-state index contributed by atoms with van der Waals surface area (Å²) in [5, 5.41) is 0. The van der Waals surface area contributed by atoms with Crippen LogP contribution in [-0.4, -0.2) is 9.97 Å². The van der Waals surface area contributed by atoms with Gasteiger partial charge >= 0.3 is 6.01 Å². The molecule has 0 aliphatic carbocycles. The zero-order valence-electron chi connectivity index (χ0n) is 9.23. The molecule has 1 aromatic carbocycles. The second-order valence-corrected chi connectivity index (χ2v) is 3.41. The first kappa shape index (κ1) is 12.2. The van der Waals surface area contributed by atoms with Gasteiger partial charge in [0.05, 0.1) is 6.20 Å². The lowest BCUT2D eigenvalue weighted by molar-refractivity contribution is 0.279. The van der Waals surface area contributed by atoms with Crippen molar-refractivity contribution in [3.05, 3.63) is 47.7 Å². The largest absolute Gasteiger partial charge is 0.459 e. The van der Waals surface area contributed by atoms with E-state index in [0.717, 1.165) is 11.8 Å². The van der Waals surface area contributed by atoms with Crippen molar-refractivity contribution in [2.45, 2.75) is 6.61 Å². The lowest BCUT2D eigenvalue weighted by atomic mass is 10.2. The van der Waals surface area contributed by atoms with Crippen molar-refractivity contribution in [3.63, 3.8) is 0 Å². The van der Waals surface area contributed by atoms with Crippen LogP contribution in [0.5, 0.6) is 6.01 Å². The first-order valence-corrected chi connectivity index (χ1v) is 5.05. The number of anilines is 1. The molecule has 3 N–H and O–H groups in total. The van der Waals surface area contributed by atoms with Crippen LogP contribution in [0.3, 0.4) is 0 Å². The molecule has 0 radical (unpaired) electrons. The van der Waals surface area contributed by atoms with Crippen molar-refractivity contribution in [2.24, 2.45) is 5.84 Å². The minimum absolute atomic E-state index is 0.0197. The molecule has 0 aliphatic rings. The second kappa shape index (κ2) is 5.37. The molecule has 94 valence electrons. The highest BCUT2D eigenvalue weighted by Gasteiger charge is 2.06. The molecule has 1 aromatic heterocycles. The van der Waals surface area contributed by atoms with Gasteiger partial charge in [-0.15, -0.1) is 0 Å². The van der Waals surface area contributed by atoms with Crippen molar-refractivity contribution >= 4 is 5.82 Å². The number of hydrogen-bond donors (Lipinski definition) is 2. The fraction of sp³-hybridized carbons (Fsp3) is 0.0909. The number of nitrogens with two attached hydrogens (primary N) is 1. The van der Waals surface area contributed by atoms with Crippen LogP contribution in [0, 0.1) is 11.6 Å². The lowest BCUT2D eigenvalue weighted by Gasteiger charge is -2.06. The Balaban J connectivity index is 2.04. The Bertz CT molecular complexity index is 533. The number of nitrogens with zero attached hydrogens (tertiary/aromatic N) is 2. The maximum Gasteiger partial charge on any atom is 0.318 e. The second-order valence-electron chi connectivity index (χ2n) is 3.41. The molecule has 0 unspecified atom stereocenters. The Hall–Kier alpha value is -2.28. The van der Waals surface area contributed by atoms with Crippen LogP contribution >= 0.6 is 0 Å². The highest BCUT2D eigenvalue weighted by molar-refractivity contribution is 5.34. The van der Waals surface area contributed by atoms with E-state index in [2.05, 4.69) is 15.4 Å². The zero-order valence-corrected chi connectivity index (χ0v) is 9.23. The van der Waals surface area contributed by atoms with E-state index in [-0.39, 0.29) is 24.3 Å². The Kier molecular flexibility index (Phi) is 3.63. The first-order valence-electron chi connectivity index (χ1n) is 5.05. The predicted octanol–water partition coefficient (Wildman–Crippen LogP) is 1.62. The molecule has 0 fully saturated rings. The molecular formula is C11H10F2N4O. The summed E-state index contributed by atoms with van der Waals surface area (Å²) in [6.07, 6.45) is 0.947. The smallest absolute Gasteiger partial charge is 0.318 e. The summed E-state index contributed by atoms with van der Waals surface area (Å²) < 4.78 is 30.9. The van der Waals surface area contributed by atoms with E-state index in [1.165, 1.54) is 12.1 Å². The van der Waals surface area contributed by atoms with E-state index >= 15 is 0 Å². The van der Waals surface area contributed by atoms with Crippen LogP contribution in [0.2, 0.25) is 0 Å². The highest BCUT2D eigenvalue weighted by atomic mass is 19.1. The van der Waals surface area contributed by atoms with Gasteiger partial charge in [0.15, 0.2) is 11.6 Å². The molecule has 1 heterocycles. The van der Waals surface area contributed by atoms with Crippen LogP contribution in [0.25, 0.3) is 0 Å². The number of aromatic nitrogens is 2. The third-order valence-electron chi connectivity index (χ3n) is 2.14. The molecule has 18 heavy (non-hydrogen) atoms. The third-order valence-corrected chi connectivity index (χ3v) is 2.14. The van der Waals surface area contributed by atoms with E-state index < -0.39 is 5.82 Å². The fourth-order valence-corrected chi connectivity index (χ4v) is 1.25. The molecular weight excluding hydrogens is 242 g/mol. The molecule has 0 aliphatic heterocycles. The summed E-state index contributed by atoms with van der Waals surface area (Å²) in [4.78, 5) is 7.35. The highest BCUT2D eigenvalue weighted by Crippen LogP contribution is 2.13. The van der Waals surface area contributed by atoms with Gasteiger partial charge in [-0.3, -0.25) is 0 Å². The number of hydrazine groups is 1. The lowest BCUT2D eigenvalue weighted by Crippen LogP contribution is -2.12. The van der Waals surface area contributed by atoms with Gasteiger partial charge in [0.25, 0.3) is 0 Å². The minimum atomic E-state index is -0.674. The van der Waals surface area contributed by atoms with E-state index in [0.29, 0.717) is 0 Å². The van der Waals surface area contributed by atoms with Crippen LogP contribution in [-0.2, 0) is 6.61 Å². The summed E-state index contributed by atoms with van der Waals surface area (Å²) >= 11 is 0. The number of benzene rings is 1. The summed E-state index contributed by atoms with van der Waals surface area (Å²) in [7, 11) is 0. The number of halogens is 2. The first-order chi connectivity index (χ1) is 8.69. The van der Waals surface area contributed by atoms with Gasteiger partial charge in [0.2, 0.25) is 0 Å². The van der Waals surface area contributed by atoms with Gasteiger partial charge in [0.1, 0.15) is 12.4 Å². The van der Waals surface area contributed by atoms with Crippen LogP contribution < -0.4 is 16.0 Å². The number of rotatable bonds is 4. The standard InChI is InChI=1S/C11H10F2N4O/c12-8-3-1-7(2-4-8)6-18-11-15-5-9(13)10(16-11)17-14/h1-5H,6,14H2,(H,15,16,17). The maximum absolute atomic E-state index is 13.0. The number of hydrogen-bond acceptors (Lipinski definition) is 5. The minimum Gasteiger partial charge on any atom is -0.459 e. The average molecular weight is 252 g/mol.